The van der Waals surface area contributed by atoms with Crippen LogP contribution in [0.15, 0.2) is 59.9 Å². The number of carbonyl (C=O) groups is 1. The van der Waals surface area contributed by atoms with Crippen LogP contribution in [-0.4, -0.2) is 43.5 Å². The number of nitrogens with one attached hydrogen (secondary N) is 3. The highest BCUT2D eigenvalue weighted by atomic mass is 16.1. The summed E-state index contributed by atoms with van der Waals surface area (Å²) in [5.74, 6) is 0.643. The Hall–Kier alpha value is -2.89. The number of aromatic nitrogens is 1. The van der Waals surface area contributed by atoms with E-state index in [0.717, 1.165) is 12.5 Å². The number of aliphatic imine (C=N–C) groups is 1. The van der Waals surface area contributed by atoms with Gasteiger partial charge in [0.15, 0.2) is 5.96 Å². The molecule has 148 valence electrons. The summed E-state index contributed by atoms with van der Waals surface area (Å²) >= 11 is 0. The fourth-order valence-electron chi connectivity index (χ4n) is 3.84. The maximum absolute atomic E-state index is 12.0. The lowest BCUT2D eigenvalue weighted by Gasteiger charge is -2.30. The van der Waals surface area contributed by atoms with Crippen molar-refractivity contribution < 1.29 is 4.79 Å². The van der Waals surface area contributed by atoms with E-state index in [9.17, 15) is 4.79 Å². The average Bonchev–Trinajstić information content (AvgIpc) is 3.24. The molecular formula is C22H29N5O. The first-order valence-corrected chi connectivity index (χ1v) is 9.92. The maximum atomic E-state index is 12.0. The Balaban J connectivity index is 1.46. The summed E-state index contributed by atoms with van der Waals surface area (Å²) in [4.78, 5) is 20.3. The Labute approximate surface area is 166 Å². The van der Waals surface area contributed by atoms with Crippen molar-refractivity contribution in [1.29, 1.82) is 0 Å². The molecule has 1 aliphatic rings. The van der Waals surface area contributed by atoms with Crippen LogP contribution < -0.4 is 16.0 Å². The standard InChI is InChI=1S/C22H29N5O/c1-23-21(26-15-14-25-20(28)18-8-7-13-24-16-18)27-17-22(11-5-6-12-22)19-9-3-2-4-10-19/h2-4,7-10,13,16H,5-6,11-12,14-15,17H2,1H3,(H,25,28)(H2,23,26,27). The van der Waals surface area contributed by atoms with Crippen molar-refractivity contribution in [3.05, 3.63) is 66.0 Å². The zero-order valence-electron chi connectivity index (χ0n) is 16.4. The topological polar surface area (TPSA) is 78.4 Å². The van der Waals surface area contributed by atoms with Gasteiger partial charge in [-0.1, -0.05) is 43.2 Å². The van der Waals surface area contributed by atoms with Gasteiger partial charge in [0.2, 0.25) is 0 Å². The van der Waals surface area contributed by atoms with Crippen molar-refractivity contribution in [2.75, 3.05) is 26.7 Å². The number of pyridine rings is 1. The van der Waals surface area contributed by atoms with Gasteiger partial charge in [-0.2, -0.15) is 0 Å². The molecule has 0 aliphatic heterocycles. The van der Waals surface area contributed by atoms with Crippen molar-refractivity contribution in [3.8, 4) is 0 Å². The average molecular weight is 380 g/mol. The van der Waals surface area contributed by atoms with Gasteiger partial charge in [0.25, 0.3) is 5.91 Å². The molecular weight excluding hydrogens is 350 g/mol. The number of amides is 1. The van der Waals surface area contributed by atoms with Gasteiger partial charge in [-0.3, -0.25) is 14.8 Å². The van der Waals surface area contributed by atoms with Crippen molar-refractivity contribution in [1.82, 2.24) is 20.9 Å². The molecule has 6 heteroatoms. The van der Waals surface area contributed by atoms with E-state index in [-0.39, 0.29) is 11.3 Å². The molecule has 1 saturated carbocycles. The molecule has 0 bridgehead atoms. The van der Waals surface area contributed by atoms with Gasteiger partial charge in [0.1, 0.15) is 0 Å². The molecule has 1 fully saturated rings. The molecule has 0 radical (unpaired) electrons. The number of benzene rings is 1. The summed E-state index contributed by atoms with van der Waals surface area (Å²) in [5.41, 5.74) is 2.14. The Morgan fingerprint density at radius 2 is 1.79 bits per heavy atom. The number of hydrogen-bond donors (Lipinski definition) is 3. The Kier molecular flexibility index (Phi) is 7.00. The normalized spacial score (nSPS) is 15.8. The van der Waals surface area contributed by atoms with Crippen LogP contribution in [0.3, 0.4) is 0 Å². The quantitative estimate of drug-likeness (QED) is 0.392. The van der Waals surface area contributed by atoms with Gasteiger partial charge in [-0.25, -0.2) is 0 Å². The third-order valence-corrected chi connectivity index (χ3v) is 5.39. The number of rotatable bonds is 7. The molecule has 0 saturated heterocycles. The summed E-state index contributed by atoms with van der Waals surface area (Å²) in [7, 11) is 1.77. The van der Waals surface area contributed by atoms with Crippen molar-refractivity contribution in [2.45, 2.75) is 31.1 Å². The second-order valence-corrected chi connectivity index (χ2v) is 7.20. The van der Waals surface area contributed by atoms with E-state index >= 15 is 0 Å². The molecule has 28 heavy (non-hydrogen) atoms. The van der Waals surface area contributed by atoms with Crippen LogP contribution in [0.1, 0.15) is 41.6 Å². The molecule has 2 aromatic rings. The first-order valence-electron chi connectivity index (χ1n) is 9.92. The van der Waals surface area contributed by atoms with Gasteiger partial charge >= 0.3 is 0 Å². The van der Waals surface area contributed by atoms with E-state index in [0.29, 0.717) is 18.7 Å². The van der Waals surface area contributed by atoms with Crippen LogP contribution in [0.2, 0.25) is 0 Å². The molecule has 0 spiro atoms. The molecule has 3 rings (SSSR count). The molecule has 6 nitrogen and oxygen atoms in total. The molecule has 1 aliphatic carbocycles. The molecule has 0 unspecified atom stereocenters. The van der Waals surface area contributed by atoms with Crippen LogP contribution in [0.4, 0.5) is 0 Å². The monoisotopic (exact) mass is 379 g/mol. The lowest BCUT2D eigenvalue weighted by Crippen LogP contribution is -2.46. The minimum Gasteiger partial charge on any atom is -0.356 e. The Bertz CT molecular complexity index is 770. The second-order valence-electron chi connectivity index (χ2n) is 7.20. The minimum atomic E-state index is -0.119. The molecule has 3 N–H and O–H groups in total. The van der Waals surface area contributed by atoms with Crippen LogP contribution in [0.25, 0.3) is 0 Å². The Morgan fingerprint density at radius 1 is 1.04 bits per heavy atom. The second kappa shape index (κ2) is 9.88. The third-order valence-electron chi connectivity index (χ3n) is 5.39. The predicted octanol–water partition coefficient (Wildman–Crippen LogP) is 2.49. The Morgan fingerprint density at radius 3 is 2.46 bits per heavy atom. The van der Waals surface area contributed by atoms with Gasteiger partial charge in [0.05, 0.1) is 5.56 Å². The van der Waals surface area contributed by atoms with E-state index in [1.54, 1.807) is 31.6 Å². The van der Waals surface area contributed by atoms with E-state index < -0.39 is 0 Å². The lowest BCUT2D eigenvalue weighted by molar-refractivity contribution is 0.0954. The first-order chi connectivity index (χ1) is 13.7. The zero-order chi connectivity index (χ0) is 19.7. The molecule has 1 amide bonds. The van der Waals surface area contributed by atoms with Crippen molar-refractivity contribution >= 4 is 11.9 Å². The SMILES string of the molecule is CN=C(NCCNC(=O)c1cccnc1)NCC1(c2ccccc2)CCCC1. The van der Waals surface area contributed by atoms with Gasteiger partial charge in [0, 0.05) is 44.5 Å². The van der Waals surface area contributed by atoms with Crippen molar-refractivity contribution in [2.24, 2.45) is 4.99 Å². The minimum absolute atomic E-state index is 0.119. The molecule has 1 heterocycles. The molecule has 0 atom stereocenters. The lowest BCUT2D eigenvalue weighted by atomic mass is 9.79. The largest absolute Gasteiger partial charge is 0.356 e. The summed E-state index contributed by atoms with van der Waals surface area (Å²) in [6, 6.07) is 14.3. The maximum Gasteiger partial charge on any atom is 0.252 e. The summed E-state index contributed by atoms with van der Waals surface area (Å²) in [6.45, 7) is 1.97. The fourth-order valence-corrected chi connectivity index (χ4v) is 3.84. The van der Waals surface area contributed by atoms with Crippen LogP contribution in [0.5, 0.6) is 0 Å². The fraction of sp³-hybridized carbons (Fsp3) is 0.409. The number of nitrogens with zero attached hydrogens (tertiary/aromatic N) is 2. The summed E-state index contributed by atoms with van der Waals surface area (Å²) in [5, 5.41) is 9.65. The third kappa shape index (κ3) is 5.09. The highest BCUT2D eigenvalue weighted by Crippen LogP contribution is 2.40. The zero-order valence-corrected chi connectivity index (χ0v) is 16.4. The smallest absolute Gasteiger partial charge is 0.252 e. The van der Waals surface area contributed by atoms with E-state index in [2.05, 4.69) is 56.3 Å². The summed E-state index contributed by atoms with van der Waals surface area (Å²) < 4.78 is 0. The van der Waals surface area contributed by atoms with E-state index in [1.807, 2.05) is 0 Å². The van der Waals surface area contributed by atoms with Crippen LogP contribution in [-0.2, 0) is 5.41 Å². The molecule has 1 aromatic carbocycles. The van der Waals surface area contributed by atoms with Gasteiger partial charge in [-0.15, -0.1) is 0 Å². The van der Waals surface area contributed by atoms with Gasteiger partial charge in [-0.05, 0) is 30.5 Å². The predicted molar refractivity (Wildman–Crippen MR) is 113 cm³/mol. The van der Waals surface area contributed by atoms with Crippen molar-refractivity contribution in [3.63, 3.8) is 0 Å². The van der Waals surface area contributed by atoms with Crippen LogP contribution in [0, 0.1) is 0 Å². The van der Waals surface area contributed by atoms with Gasteiger partial charge < -0.3 is 16.0 Å². The van der Waals surface area contributed by atoms with E-state index in [1.165, 1.54) is 31.2 Å². The highest BCUT2D eigenvalue weighted by Gasteiger charge is 2.35. The summed E-state index contributed by atoms with van der Waals surface area (Å²) in [6.07, 6.45) is 8.14. The molecule has 1 aromatic heterocycles. The number of hydrogen-bond acceptors (Lipinski definition) is 3. The van der Waals surface area contributed by atoms with Crippen LogP contribution >= 0.6 is 0 Å². The number of carbonyl (C=O) groups excluding carboxylic acids is 1. The number of guanidine groups is 1. The highest BCUT2D eigenvalue weighted by molar-refractivity contribution is 5.93. The van der Waals surface area contributed by atoms with E-state index in [4.69, 9.17) is 0 Å². The first kappa shape index (κ1) is 19.9.